The molecule has 2 aliphatic rings. The van der Waals surface area contributed by atoms with Gasteiger partial charge in [0.1, 0.15) is 5.52 Å². The van der Waals surface area contributed by atoms with E-state index in [0.29, 0.717) is 29.8 Å². The third kappa shape index (κ3) is 2.03. The maximum absolute atomic E-state index is 14.6. The Bertz CT molecular complexity index is 679. The van der Waals surface area contributed by atoms with Crippen LogP contribution in [0.2, 0.25) is 0 Å². The first-order chi connectivity index (χ1) is 10.1. The van der Waals surface area contributed by atoms with Gasteiger partial charge < -0.3 is 9.72 Å². The van der Waals surface area contributed by atoms with E-state index >= 15 is 0 Å². The van der Waals surface area contributed by atoms with E-state index in [1.165, 1.54) is 6.33 Å². The third-order valence-corrected chi connectivity index (χ3v) is 4.35. The van der Waals surface area contributed by atoms with Crippen LogP contribution in [0, 0.1) is 5.82 Å². The van der Waals surface area contributed by atoms with Gasteiger partial charge in [-0.05, 0) is 11.6 Å². The number of alkyl halides is 2. The van der Waals surface area contributed by atoms with Crippen molar-refractivity contribution < 1.29 is 17.9 Å². The fraction of sp³-hybridized carbons (Fsp3) is 0.500. The molecule has 0 saturated carbocycles. The van der Waals surface area contributed by atoms with Gasteiger partial charge in [0, 0.05) is 12.0 Å². The number of ether oxygens (including phenoxy) is 1. The van der Waals surface area contributed by atoms with Crippen LogP contribution >= 0.6 is 0 Å². The summed E-state index contributed by atoms with van der Waals surface area (Å²) in [4.78, 5) is 8.46. The highest BCUT2D eigenvalue weighted by molar-refractivity contribution is 5.76. The van der Waals surface area contributed by atoms with Crippen molar-refractivity contribution in [2.75, 3.05) is 26.3 Å². The molecule has 2 atom stereocenters. The minimum absolute atomic E-state index is 0.195. The predicted molar refractivity (Wildman–Crippen MR) is 69.9 cm³/mol. The topological polar surface area (TPSA) is 41.1 Å². The Morgan fingerprint density at radius 3 is 2.86 bits per heavy atom. The molecule has 0 spiro atoms. The summed E-state index contributed by atoms with van der Waals surface area (Å²) in [5.41, 5.74) is 1.42. The van der Waals surface area contributed by atoms with E-state index in [2.05, 4.69) is 9.97 Å². The zero-order chi connectivity index (χ0) is 14.6. The van der Waals surface area contributed by atoms with Gasteiger partial charge in [-0.25, -0.2) is 18.2 Å². The van der Waals surface area contributed by atoms with E-state index in [1.807, 2.05) is 0 Å². The lowest BCUT2D eigenvalue weighted by atomic mass is 9.90. The highest BCUT2D eigenvalue weighted by atomic mass is 19.3. The SMILES string of the molecule is Fc1c(C2COCC2N2CC(F)(F)C2)ccc2nc[nH]c12. The first-order valence-electron chi connectivity index (χ1n) is 6.86. The second kappa shape index (κ2) is 4.45. The van der Waals surface area contributed by atoms with Gasteiger partial charge >= 0.3 is 0 Å². The number of hydrogen-bond donors (Lipinski definition) is 1. The summed E-state index contributed by atoms with van der Waals surface area (Å²) in [5.74, 6) is -3.22. The number of fused-ring (bicyclic) bond motifs is 1. The Labute approximate surface area is 118 Å². The van der Waals surface area contributed by atoms with Gasteiger partial charge in [-0.2, -0.15) is 0 Å². The lowest BCUT2D eigenvalue weighted by molar-refractivity contribution is -0.147. The summed E-state index contributed by atoms with van der Waals surface area (Å²) in [5, 5.41) is 0. The molecule has 1 aromatic heterocycles. The Morgan fingerprint density at radius 2 is 2.10 bits per heavy atom. The molecular formula is C14H14F3N3O. The molecule has 1 N–H and O–H groups in total. The van der Waals surface area contributed by atoms with E-state index in [0.717, 1.165) is 0 Å². The van der Waals surface area contributed by atoms with E-state index in [4.69, 9.17) is 4.74 Å². The number of likely N-dealkylation sites (tertiary alicyclic amines) is 1. The summed E-state index contributed by atoms with van der Waals surface area (Å²) in [6.07, 6.45) is 1.44. The van der Waals surface area contributed by atoms with Crippen molar-refractivity contribution in [3.05, 3.63) is 29.8 Å². The van der Waals surface area contributed by atoms with Crippen molar-refractivity contribution >= 4 is 11.0 Å². The van der Waals surface area contributed by atoms with Crippen molar-refractivity contribution in [1.82, 2.24) is 14.9 Å². The van der Waals surface area contributed by atoms with Crippen molar-refractivity contribution in [3.8, 4) is 0 Å². The van der Waals surface area contributed by atoms with E-state index in [1.54, 1.807) is 17.0 Å². The molecule has 7 heteroatoms. The Kier molecular flexibility index (Phi) is 2.77. The maximum atomic E-state index is 14.6. The number of hydrogen-bond acceptors (Lipinski definition) is 3. The fourth-order valence-corrected chi connectivity index (χ4v) is 3.26. The summed E-state index contributed by atoms with van der Waals surface area (Å²) in [7, 11) is 0. The number of aromatic amines is 1. The standard InChI is InChI=1S/C14H14F3N3O/c15-12-8(1-2-10-13(12)19-7-18-10)9-3-21-4-11(9)20-5-14(16,17)6-20/h1-2,7,9,11H,3-6H2,(H,18,19). The molecule has 0 amide bonds. The monoisotopic (exact) mass is 297 g/mol. The molecule has 0 aliphatic carbocycles. The predicted octanol–water partition coefficient (Wildman–Crippen LogP) is 2.14. The van der Waals surface area contributed by atoms with Crippen LogP contribution in [0.4, 0.5) is 13.2 Å². The molecule has 0 radical (unpaired) electrons. The fourth-order valence-electron chi connectivity index (χ4n) is 3.26. The minimum Gasteiger partial charge on any atom is -0.379 e. The van der Waals surface area contributed by atoms with E-state index in [-0.39, 0.29) is 30.9 Å². The molecule has 4 nitrogen and oxygen atoms in total. The number of rotatable bonds is 2. The van der Waals surface area contributed by atoms with Crippen LogP contribution in [0.25, 0.3) is 11.0 Å². The second-order valence-electron chi connectivity index (χ2n) is 5.74. The van der Waals surface area contributed by atoms with Crippen LogP contribution in [0.15, 0.2) is 18.5 Å². The van der Waals surface area contributed by atoms with Crippen LogP contribution in [0.5, 0.6) is 0 Å². The lowest BCUT2D eigenvalue weighted by Crippen LogP contribution is -2.61. The summed E-state index contributed by atoms with van der Waals surface area (Å²) >= 11 is 0. The third-order valence-electron chi connectivity index (χ3n) is 4.35. The Morgan fingerprint density at radius 1 is 1.29 bits per heavy atom. The van der Waals surface area contributed by atoms with Gasteiger partial charge in [-0.15, -0.1) is 0 Å². The smallest absolute Gasteiger partial charge is 0.272 e. The summed E-state index contributed by atoms with van der Waals surface area (Å²) in [6, 6.07) is 3.23. The average molecular weight is 297 g/mol. The molecule has 4 rings (SSSR count). The number of halogens is 3. The van der Waals surface area contributed by atoms with Gasteiger partial charge in [0.2, 0.25) is 0 Å². The van der Waals surface area contributed by atoms with Gasteiger partial charge in [-0.1, -0.05) is 6.07 Å². The number of imidazole rings is 1. The highest BCUT2D eigenvalue weighted by Crippen LogP contribution is 2.38. The zero-order valence-corrected chi connectivity index (χ0v) is 11.2. The first kappa shape index (κ1) is 13.1. The van der Waals surface area contributed by atoms with Gasteiger partial charge in [0.05, 0.1) is 38.1 Å². The highest BCUT2D eigenvalue weighted by Gasteiger charge is 2.50. The average Bonchev–Trinajstić information content (AvgIpc) is 3.04. The molecule has 3 heterocycles. The Hall–Kier alpha value is -1.60. The van der Waals surface area contributed by atoms with Crippen molar-refractivity contribution in [2.45, 2.75) is 17.9 Å². The van der Waals surface area contributed by atoms with Crippen LogP contribution in [-0.2, 0) is 4.74 Å². The van der Waals surface area contributed by atoms with Crippen LogP contribution in [0.3, 0.4) is 0 Å². The van der Waals surface area contributed by atoms with Crippen molar-refractivity contribution in [1.29, 1.82) is 0 Å². The van der Waals surface area contributed by atoms with Crippen molar-refractivity contribution in [3.63, 3.8) is 0 Å². The van der Waals surface area contributed by atoms with Crippen LogP contribution in [0.1, 0.15) is 11.5 Å². The molecule has 2 unspecified atom stereocenters. The number of benzene rings is 1. The molecule has 2 saturated heterocycles. The summed E-state index contributed by atoms with van der Waals surface area (Å²) in [6.45, 7) is 0.168. The quantitative estimate of drug-likeness (QED) is 0.923. The minimum atomic E-state index is -2.63. The van der Waals surface area contributed by atoms with E-state index in [9.17, 15) is 13.2 Å². The molecule has 0 bridgehead atoms. The molecule has 21 heavy (non-hydrogen) atoms. The Balaban J connectivity index is 1.66. The number of nitrogens with zero attached hydrogens (tertiary/aromatic N) is 2. The van der Waals surface area contributed by atoms with Crippen molar-refractivity contribution in [2.24, 2.45) is 0 Å². The molecule has 1 aromatic carbocycles. The summed E-state index contributed by atoms with van der Waals surface area (Å²) < 4.78 is 46.1. The molecule has 2 fully saturated rings. The van der Waals surface area contributed by atoms with E-state index < -0.39 is 5.92 Å². The largest absolute Gasteiger partial charge is 0.379 e. The van der Waals surface area contributed by atoms with Gasteiger partial charge in [-0.3, -0.25) is 4.90 Å². The maximum Gasteiger partial charge on any atom is 0.272 e. The number of H-pyrrole nitrogens is 1. The molecule has 112 valence electrons. The van der Waals surface area contributed by atoms with Gasteiger partial charge in [0.25, 0.3) is 5.92 Å². The zero-order valence-electron chi connectivity index (χ0n) is 11.2. The molecule has 2 aliphatic heterocycles. The lowest BCUT2D eigenvalue weighted by Gasteiger charge is -2.43. The van der Waals surface area contributed by atoms with Crippen LogP contribution < -0.4 is 0 Å². The number of nitrogens with one attached hydrogen (secondary N) is 1. The first-order valence-corrected chi connectivity index (χ1v) is 6.86. The van der Waals surface area contributed by atoms with Crippen LogP contribution in [-0.4, -0.2) is 53.1 Å². The molecule has 2 aromatic rings. The normalized spacial score (nSPS) is 28.9. The van der Waals surface area contributed by atoms with Gasteiger partial charge in [0.15, 0.2) is 5.82 Å². The second-order valence-corrected chi connectivity index (χ2v) is 5.74. The molecular weight excluding hydrogens is 283 g/mol. The number of aromatic nitrogens is 2.